The Morgan fingerprint density at radius 1 is 1.31 bits per heavy atom. The van der Waals surface area contributed by atoms with E-state index in [0.717, 1.165) is 30.5 Å². The SMILES string of the molecule is COc1nc2c(cc1CN[C@H]1CCCN[C@H]1c1ccccc1)C(C)(C)C(=O)N2C. The summed E-state index contributed by atoms with van der Waals surface area (Å²) in [6.07, 6.45) is 2.26. The third-order valence-electron chi connectivity index (χ3n) is 6.24. The first-order chi connectivity index (χ1) is 13.9. The summed E-state index contributed by atoms with van der Waals surface area (Å²) in [5.74, 6) is 1.34. The Balaban J connectivity index is 1.58. The van der Waals surface area contributed by atoms with Crippen LogP contribution in [0, 0.1) is 0 Å². The van der Waals surface area contributed by atoms with E-state index in [1.54, 1.807) is 19.1 Å². The third kappa shape index (κ3) is 3.51. The number of aromatic nitrogens is 1. The number of nitrogens with zero attached hydrogens (tertiary/aromatic N) is 2. The molecule has 2 aliphatic heterocycles. The number of fused-ring (bicyclic) bond motifs is 1. The highest BCUT2D eigenvalue weighted by Gasteiger charge is 2.44. The molecule has 4 rings (SSSR count). The predicted molar refractivity (Wildman–Crippen MR) is 114 cm³/mol. The topological polar surface area (TPSA) is 66.5 Å². The van der Waals surface area contributed by atoms with Crippen molar-refractivity contribution in [3.63, 3.8) is 0 Å². The summed E-state index contributed by atoms with van der Waals surface area (Å²) in [6.45, 7) is 5.59. The van der Waals surface area contributed by atoms with Gasteiger partial charge in [-0.25, -0.2) is 0 Å². The van der Waals surface area contributed by atoms with E-state index in [0.29, 0.717) is 24.3 Å². The van der Waals surface area contributed by atoms with Crippen molar-refractivity contribution in [2.75, 3.05) is 25.6 Å². The highest BCUT2D eigenvalue weighted by Crippen LogP contribution is 2.41. The number of nitrogens with one attached hydrogen (secondary N) is 2. The molecule has 2 N–H and O–H groups in total. The van der Waals surface area contributed by atoms with Crippen molar-refractivity contribution in [1.29, 1.82) is 0 Å². The summed E-state index contributed by atoms with van der Waals surface area (Å²) in [5.41, 5.74) is 2.68. The summed E-state index contributed by atoms with van der Waals surface area (Å²) in [7, 11) is 3.41. The Bertz CT molecular complexity index is 897. The highest BCUT2D eigenvalue weighted by atomic mass is 16.5. The molecular formula is C23H30N4O2. The standard InChI is InChI=1S/C23H30N4O2/c1-23(2)17-13-16(21(29-4)26-20(17)27(3)22(23)28)14-25-18-11-8-12-24-19(18)15-9-6-5-7-10-15/h5-7,9-10,13,18-19,24-25H,8,11-12,14H2,1-4H3/t18-,19-/m0/s1. The number of methoxy groups -OCH3 is 1. The van der Waals surface area contributed by atoms with E-state index in [1.807, 2.05) is 13.8 Å². The van der Waals surface area contributed by atoms with Gasteiger partial charge in [-0.3, -0.25) is 9.69 Å². The number of piperidine rings is 1. The molecule has 1 amide bonds. The number of hydrogen-bond acceptors (Lipinski definition) is 5. The molecule has 1 aromatic heterocycles. The van der Waals surface area contributed by atoms with E-state index < -0.39 is 5.41 Å². The van der Waals surface area contributed by atoms with E-state index in [-0.39, 0.29) is 11.9 Å². The van der Waals surface area contributed by atoms with Crippen LogP contribution in [-0.4, -0.2) is 37.6 Å². The van der Waals surface area contributed by atoms with Crippen molar-refractivity contribution < 1.29 is 9.53 Å². The van der Waals surface area contributed by atoms with Gasteiger partial charge in [-0.1, -0.05) is 30.3 Å². The fourth-order valence-electron chi connectivity index (χ4n) is 4.54. The summed E-state index contributed by atoms with van der Waals surface area (Å²) in [4.78, 5) is 18.9. The molecule has 2 aromatic rings. The van der Waals surface area contributed by atoms with Gasteiger partial charge in [-0.05, 0) is 44.9 Å². The molecule has 29 heavy (non-hydrogen) atoms. The minimum Gasteiger partial charge on any atom is -0.481 e. The first-order valence-electron chi connectivity index (χ1n) is 10.3. The largest absolute Gasteiger partial charge is 0.481 e. The van der Waals surface area contributed by atoms with Gasteiger partial charge in [0.1, 0.15) is 5.82 Å². The average Bonchev–Trinajstić information content (AvgIpc) is 2.92. The van der Waals surface area contributed by atoms with Gasteiger partial charge in [0.25, 0.3) is 0 Å². The van der Waals surface area contributed by atoms with Crippen LogP contribution < -0.4 is 20.3 Å². The second-order valence-corrected chi connectivity index (χ2v) is 8.49. The Kier molecular flexibility index (Phi) is 5.32. The molecule has 0 unspecified atom stereocenters. The molecule has 6 heteroatoms. The van der Waals surface area contributed by atoms with Crippen LogP contribution in [0.1, 0.15) is 49.4 Å². The zero-order valence-electron chi connectivity index (χ0n) is 17.7. The zero-order chi connectivity index (χ0) is 20.6. The van der Waals surface area contributed by atoms with Crippen molar-refractivity contribution >= 4 is 11.7 Å². The smallest absolute Gasteiger partial charge is 0.238 e. The second kappa shape index (κ2) is 7.76. The van der Waals surface area contributed by atoms with Crippen LogP contribution in [0.4, 0.5) is 5.82 Å². The van der Waals surface area contributed by atoms with Crippen molar-refractivity contribution in [3.05, 3.63) is 53.1 Å². The lowest BCUT2D eigenvalue weighted by Gasteiger charge is -2.34. The minimum absolute atomic E-state index is 0.0628. The number of hydrogen-bond donors (Lipinski definition) is 2. The maximum Gasteiger partial charge on any atom is 0.238 e. The number of ether oxygens (including phenoxy) is 1. The van der Waals surface area contributed by atoms with E-state index in [9.17, 15) is 4.79 Å². The van der Waals surface area contributed by atoms with Crippen molar-refractivity contribution in [2.45, 2.75) is 50.7 Å². The molecule has 2 aliphatic rings. The molecule has 1 aromatic carbocycles. The fraction of sp³-hybridized carbons (Fsp3) is 0.478. The average molecular weight is 395 g/mol. The summed E-state index contributed by atoms with van der Waals surface area (Å²) in [5, 5.41) is 7.38. The zero-order valence-corrected chi connectivity index (χ0v) is 17.7. The molecule has 0 radical (unpaired) electrons. The van der Waals surface area contributed by atoms with Crippen molar-refractivity contribution in [1.82, 2.24) is 15.6 Å². The van der Waals surface area contributed by atoms with Crippen molar-refractivity contribution in [3.8, 4) is 5.88 Å². The molecule has 0 bridgehead atoms. The van der Waals surface area contributed by atoms with Crippen LogP contribution in [0.15, 0.2) is 36.4 Å². The summed E-state index contributed by atoms with van der Waals surface area (Å²) < 4.78 is 5.57. The Morgan fingerprint density at radius 3 is 2.79 bits per heavy atom. The molecule has 6 nitrogen and oxygen atoms in total. The molecule has 1 fully saturated rings. The highest BCUT2D eigenvalue weighted by molar-refractivity contribution is 6.06. The number of pyridine rings is 1. The van der Waals surface area contributed by atoms with Gasteiger partial charge in [-0.15, -0.1) is 0 Å². The number of likely N-dealkylation sites (N-methyl/N-ethyl adjacent to an activating group) is 1. The van der Waals surface area contributed by atoms with Gasteiger partial charge in [0.2, 0.25) is 11.8 Å². The van der Waals surface area contributed by atoms with Gasteiger partial charge in [0, 0.05) is 36.8 Å². The maximum atomic E-state index is 12.6. The van der Waals surface area contributed by atoms with Crippen LogP contribution in [0.5, 0.6) is 5.88 Å². The number of carbonyl (C=O) groups is 1. The lowest BCUT2D eigenvalue weighted by molar-refractivity contribution is -0.121. The minimum atomic E-state index is -0.572. The third-order valence-corrected chi connectivity index (χ3v) is 6.24. The van der Waals surface area contributed by atoms with Gasteiger partial charge < -0.3 is 15.4 Å². The Morgan fingerprint density at radius 2 is 2.07 bits per heavy atom. The van der Waals surface area contributed by atoms with Gasteiger partial charge in [0.05, 0.1) is 12.5 Å². The van der Waals surface area contributed by atoms with E-state index in [2.05, 4.69) is 52.0 Å². The molecule has 0 aliphatic carbocycles. The quantitative estimate of drug-likeness (QED) is 0.816. The number of carbonyl (C=O) groups excluding carboxylic acids is 1. The lowest BCUT2D eigenvalue weighted by atomic mass is 9.86. The predicted octanol–water partition coefficient (Wildman–Crippen LogP) is 2.93. The molecule has 0 spiro atoms. The first kappa shape index (κ1) is 19.9. The molecule has 154 valence electrons. The summed E-state index contributed by atoms with van der Waals surface area (Å²) in [6, 6.07) is 13.3. The number of benzene rings is 1. The first-order valence-corrected chi connectivity index (χ1v) is 10.3. The number of rotatable bonds is 5. The Labute approximate surface area is 172 Å². The summed E-state index contributed by atoms with van der Waals surface area (Å²) >= 11 is 0. The van der Waals surface area contributed by atoms with Gasteiger partial charge >= 0.3 is 0 Å². The number of amides is 1. The van der Waals surface area contributed by atoms with Crippen LogP contribution in [0.3, 0.4) is 0 Å². The molecule has 1 saturated heterocycles. The molecule has 2 atom stereocenters. The number of anilines is 1. The van der Waals surface area contributed by atoms with Crippen LogP contribution in [-0.2, 0) is 16.8 Å². The van der Waals surface area contributed by atoms with Crippen LogP contribution in [0.25, 0.3) is 0 Å². The normalized spacial score (nSPS) is 23.2. The Hall–Kier alpha value is -2.44. The van der Waals surface area contributed by atoms with Crippen molar-refractivity contribution in [2.24, 2.45) is 0 Å². The monoisotopic (exact) mass is 394 g/mol. The van der Waals surface area contributed by atoms with Crippen LogP contribution in [0.2, 0.25) is 0 Å². The van der Waals surface area contributed by atoms with E-state index >= 15 is 0 Å². The second-order valence-electron chi connectivity index (χ2n) is 8.49. The van der Waals surface area contributed by atoms with Gasteiger partial charge in [0.15, 0.2) is 0 Å². The fourth-order valence-corrected chi connectivity index (χ4v) is 4.54. The van der Waals surface area contributed by atoms with Gasteiger partial charge in [-0.2, -0.15) is 4.98 Å². The molecular weight excluding hydrogens is 364 g/mol. The van der Waals surface area contributed by atoms with E-state index in [1.165, 1.54) is 5.56 Å². The lowest BCUT2D eigenvalue weighted by Crippen LogP contribution is -2.45. The van der Waals surface area contributed by atoms with E-state index in [4.69, 9.17) is 4.74 Å². The molecule has 3 heterocycles. The maximum absolute atomic E-state index is 12.6. The van der Waals surface area contributed by atoms with Crippen LogP contribution >= 0.6 is 0 Å². The molecule has 0 saturated carbocycles.